The highest BCUT2D eigenvalue weighted by Gasteiger charge is 2.23. The Hall–Kier alpha value is -0.680. The Morgan fingerprint density at radius 2 is 2.05 bits per heavy atom. The molecule has 0 aliphatic heterocycles. The predicted molar refractivity (Wildman–Crippen MR) is 87.9 cm³/mol. The first-order valence-corrected chi connectivity index (χ1v) is 8.92. The molecule has 2 heterocycles. The Morgan fingerprint density at radius 3 is 2.60 bits per heavy atom. The van der Waals surface area contributed by atoms with Gasteiger partial charge in [0.15, 0.2) is 5.65 Å². The summed E-state index contributed by atoms with van der Waals surface area (Å²) in [7, 11) is 0. The summed E-state index contributed by atoms with van der Waals surface area (Å²) in [6.07, 6.45) is 3.25. The van der Waals surface area contributed by atoms with Gasteiger partial charge in [0.2, 0.25) is 0 Å². The summed E-state index contributed by atoms with van der Waals surface area (Å²) >= 11 is 8.22. The molecule has 2 unspecified atom stereocenters. The SMILES string of the molecule is CCn1nc(C)c2nc(C(C)Cl)n(C(C)CCSC)c21. The number of hydrogen-bond donors (Lipinski definition) is 0. The number of nitrogens with zero attached hydrogens (tertiary/aromatic N) is 4. The molecule has 2 aromatic rings. The zero-order chi connectivity index (χ0) is 14.9. The highest BCUT2D eigenvalue weighted by molar-refractivity contribution is 7.98. The summed E-state index contributed by atoms with van der Waals surface area (Å²) in [6.45, 7) is 9.20. The average molecular weight is 315 g/mol. The fraction of sp³-hybridized carbons (Fsp3) is 0.714. The quantitative estimate of drug-likeness (QED) is 0.750. The molecule has 0 bridgehead atoms. The molecule has 4 nitrogen and oxygen atoms in total. The average Bonchev–Trinajstić information content (AvgIpc) is 2.94. The fourth-order valence-corrected chi connectivity index (χ4v) is 3.29. The molecule has 0 N–H and O–H groups in total. The van der Waals surface area contributed by atoms with Crippen molar-refractivity contribution >= 4 is 34.5 Å². The van der Waals surface area contributed by atoms with E-state index in [2.05, 4.69) is 29.8 Å². The van der Waals surface area contributed by atoms with E-state index in [1.165, 1.54) is 0 Å². The van der Waals surface area contributed by atoms with Gasteiger partial charge in [-0.25, -0.2) is 9.67 Å². The van der Waals surface area contributed by atoms with Crippen molar-refractivity contribution in [1.82, 2.24) is 19.3 Å². The number of rotatable bonds is 6. The van der Waals surface area contributed by atoms with Crippen molar-refractivity contribution < 1.29 is 0 Å². The van der Waals surface area contributed by atoms with Gasteiger partial charge in [0.1, 0.15) is 11.3 Å². The summed E-state index contributed by atoms with van der Waals surface area (Å²) < 4.78 is 4.32. The van der Waals surface area contributed by atoms with Crippen molar-refractivity contribution in [1.29, 1.82) is 0 Å². The molecule has 2 aromatic heterocycles. The Morgan fingerprint density at radius 1 is 1.35 bits per heavy atom. The van der Waals surface area contributed by atoms with E-state index in [4.69, 9.17) is 16.6 Å². The monoisotopic (exact) mass is 314 g/mol. The van der Waals surface area contributed by atoms with Gasteiger partial charge in [0, 0.05) is 12.6 Å². The number of thioether (sulfide) groups is 1. The van der Waals surface area contributed by atoms with Crippen LogP contribution in [0.5, 0.6) is 0 Å². The van der Waals surface area contributed by atoms with Gasteiger partial charge in [-0.3, -0.25) is 0 Å². The van der Waals surface area contributed by atoms with Gasteiger partial charge in [0.25, 0.3) is 0 Å². The summed E-state index contributed by atoms with van der Waals surface area (Å²) in [6, 6.07) is 0.380. The Bertz CT molecular complexity index is 588. The molecule has 0 saturated carbocycles. The maximum Gasteiger partial charge on any atom is 0.159 e. The minimum atomic E-state index is -0.0937. The first-order valence-electron chi connectivity index (χ1n) is 7.09. The topological polar surface area (TPSA) is 35.6 Å². The van der Waals surface area contributed by atoms with Gasteiger partial charge >= 0.3 is 0 Å². The minimum Gasteiger partial charge on any atom is -0.309 e. The van der Waals surface area contributed by atoms with Gasteiger partial charge in [0.05, 0.1) is 11.1 Å². The van der Waals surface area contributed by atoms with Crippen LogP contribution in [0.2, 0.25) is 0 Å². The minimum absolute atomic E-state index is 0.0937. The molecule has 6 heteroatoms. The second-order valence-electron chi connectivity index (χ2n) is 5.16. The molecule has 0 aliphatic rings. The molecule has 0 spiro atoms. The molecule has 20 heavy (non-hydrogen) atoms. The summed E-state index contributed by atoms with van der Waals surface area (Å²) in [5, 5.41) is 4.48. The smallest absolute Gasteiger partial charge is 0.159 e. The Labute approximate surface area is 129 Å². The van der Waals surface area contributed by atoms with E-state index in [0.717, 1.165) is 41.4 Å². The lowest BCUT2D eigenvalue weighted by molar-refractivity contribution is 0.507. The molecular formula is C14H23ClN4S. The lowest BCUT2D eigenvalue weighted by atomic mass is 10.2. The first kappa shape index (κ1) is 15.7. The summed E-state index contributed by atoms with van der Waals surface area (Å²) in [4.78, 5) is 4.75. The standard InChI is InChI=1S/C14H23ClN4S/c1-6-18-14-12(11(4)17-18)16-13(10(3)15)19(14)9(2)7-8-20-5/h9-10H,6-8H2,1-5H3. The lowest BCUT2D eigenvalue weighted by Crippen LogP contribution is -2.14. The van der Waals surface area contributed by atoms with E-state index >= 15 is 0 Å². The molecule has 112 valence electrons. The van der Waals surface area contributed by atoms with Gasteiger partial charge in [-0.15, -0.1) is 11.6 Å². The lowest BCUT2D eigenvalue weighted by Gasteiger charge is -2.18. The Balaban J connectivity index is 2.60. The maximum atomic E-state index is 6.34. The highest BCUT2D eigenvalue weighted by Crippen LogP contribution is 2.31. The number of fused-ring (bicyclic) bond motifs is 1. The summed E-state index contributed by atoms with van der Waals surface area (Å²) in [5.41, 5.74) is 3.09. The van der Waals surface area contributed by atoms with Crippen molar-refractivity contribution in [3.63, 3.8) is 0 Å². The zero-order valence-corrected chi connectivity index (χ0v) is 14.4. The second-order valence-corrected chi connectivity index (χ2v) is 6.80. The van der Waals surface area contributed by atoms with Crippen LogP contribution < -0.4 is 0 Å². The van der Waals surface area contributed by atoms with Crippen molar-refractivity contribution in [2.24, 2.45) is 0 Å². The zero-order valence-electron chi connectivity index (χ0n) is 12.9. The van der Waals surface area contributed by atoms with Crippen LogP contribution in [0.15, 0.2) is 0 Å². The molecule has 0 aliphatic carbocycles. The van der Waals surface area contributed by atoms with Crippen LogP contribution in [0, 0.1) is 6.92 Å². The molecule has 0 fully saturated rings. The third-order valence-electron chi connectivity index (χ3n) is 3.61. The maximum absolute atomic E-state index is 6.34. The number of aryl methyl sites for hydroxylation is 2. The van der Waals surface area contributed by atoms with Crippen molar-refractivity contribution in [3.05, 3.63) is 11.5 Å². The van der Waals surface area contributed by atoms with Crippen LogP contribution in [0.25, 0.3) is 11.2 Å². The second kappa shape index (κ2) is 6.39. The Kier molecular flexibility index (Phi) is 5.02. The normalized spacial score (nSPS) is 14.9. The van der Waals surface area contributed by atoms with E-state index in [1.807, 2.05) is 30.3 Å². The molecule has 0 saturated heterocycles. The first-order chi connectivity index (χ1) is 9.51. The number of imidazole rings is 1. The van der Waals surface area contributed by atoms with Gasteiger partial charge in [-0.2, -0.15) is 16.9 Å². The predicted octanol–water partition coefficient (Wildman–Crippen LogP) is 4.18. The van der Waals surface area contributed by atoms with Crippen molar-refractivity contribution in [3.8, 4) is 0 Å². The molecular weight excluding hydrogens is 292 g/mol. The fourth-order valence-electron chi connectivity index (χ4n) is 2.56. The van der Waals surface area contributed by atoms with Crippen LogP contribution in [0.4, 0.5) is 0 Å². The van der Waals surface area contributed by atoms with Crippen LogP contribution in [0.3, 0.4) is 0 Å². The van der Waals surface area contributed by atoms with Gasteiger partial charge in [-0.1, -0.05) is 0 Å². The third-order valence-corrected chi connectivity index (χ3v) is 4.45. The number of hydrogen-bond acceptors (Lipinski definition) is 3. The van der Waals surface area contributed by atoms with Crippen molar-refractivity contribution in [2.75, 3.05) is 12.0 Å². The van der Waals surface area contributed by atoms with Crippen LogP contribution in [0.1, 0.15) is 50.1 Å². The van der Waals surface area contributed by atoms with Gasteiger partial charge < -0.3 is 4.57 Å². The molecule has 0 amide bonds. The van der Waals surface area contributed by atoms with Crippen molar-refractivity contribution in [2.45, 2.75) is 52.1 Å². The number of alkyl halides is 1. The molecule has 2 atom stereocenters. The van der Waals surface area contributed by atoms with Crippen LogP contribution in [-0.2, 0) is 6.54 Å². The van der Waals surface area contributed by atoms with E-state index < -0.39 is 0 Å². The van der Waals surface area contributed by atoms with E-state index in [-0.39, 0.29) is 5.38 Å². The number of aromatic nitrogens is 4. The van der Waals surface area contributed by atoms with E-state index in [0.29, 0.717) is 6.04 Å². The van der Waals surface area contributed by atoms with E-state index in [1.54, 1.807) is 0 Å². The largest absolute Gasteiger partial charge is 0.309 e. The third kappa shape index (κ3) is 2.70. The van der Waals surface area contributed by atoms with Crippen LogP contribution in [-0.4, -0.2) is 31.3 Å². The van der Waals surface area contributed by atoms with E-state index in [9.17, 15) is 0 Å². The summed E-state index contributed by atoms with van der Waals surface area (Å²) in [5.74, 6) is 2.09. The molecule has 0 aromatic carbocycles. The highest BCUT2D eigenvalue weighted by atomic mass is 35.5. The van der Waals surface area contributed by atoms with Crippen LogP contribution >= 0.6 is 23.4 Å². The van der Waals surface area contributed by atoms with Gasteiger partial charge in [-0.05, 0) is 46.1 Å². The molecule has 0 radical (unpaired) electrons. The molecule has 2 rings (SSSR count). The number of halogens is 1.